The van der Waals surface area contributed by atoms with Crippen LogP contribution in [0.4, 0.5) is 17.2 Å². The Hall–Kier alpha value is -4.00. The number of hydrogen-bond acceptors (Lipinski definition) is 10. The number of carbonyl (C=O) groups is 1. The minimum atomic E-state index is -2.84. The summed E-state index contributed by atoms with van der Waals surface area (Å²) >= 11 is 6.16. The lowest BCUT2D eigenvalue weighted by molar-refractivity contribution is -0.385. The fourth-order valence-corrected chi connectivity index (χ4v) is 8.13. The van der Waals surface area contributed by atoms with Gasteiger partial charge in [0.2, 0.25) is 12.3 Å². The van der Waals surface area contributed by atoms with Crippen LogP contribution in [-0.2, 0) is 27.6 Å². The van der Waals surface area contributed by atoms with Crippen molar-refractivity contribution in [2.45, 2.75) is 27.3 Å². The first-order valence-corrected chi connectivity index (χ1v) is 14.6. The van der Waals surface area contributed by atoms with Crippen LogP contribution in [-0.4, -0.2) is 55.9 Å². The van der Waals surface area contributed by atoms with Gasteiger partial charge in [0.25, 0.3) is 11.4 Å². The lowest BCUT2D eigenvalue weighted by Gasteiger charge is -2.35. The zero-order valence-electron chi connectivity index (χ0n) is 21.3. The molecule has 0 aliphatic carbocycles. The van der Waals surface area contributed by atoms with E-state index in [0.717, 1.165) is 0 Å². The molecule has 1 aliphatic rings. The number of hydrogen-bond donors (Lipinski definition) is 0. The average molecular weight is 573 g/mol. The van der Waals surface area contributed by atoms with Crippen LogP contribution in [0.1, 0.15) is 35.5 Å². The maximum absolute atomic E-state index is 12.5. The number of esters is 1. The van der Waals surface area contributed by atoms with Crippen molar-refractivity contribution in [3.05, 3.63) is 85.6 Å². The van der Waals surface area contributed by atoms with Crippen LogP contribution in [0.5, 0.6) is 0 Å². The molecule has 0 radical (unpaired) electrons. The van der Waals surface area contributed by atoms with Crippen molar-refractivity contribution >= 4 is 52.6 Å². The molecule has 0 saturated heterocycles. The summed E-state index contributed by atoms with van der Waals surface area (Å²) in [5.41, 5.74) is 1.17. The van der Waals surface area contributed by atoms with Gasteiger partial charge in [-0.05, 0) is 43.0 Å². The molecule has 0 bridgehead atoms. The molecular weight excluding hydrogens is 547 g/mol. The Morgan fingerprint density at radius 3 is 2.15 bits per heavy atom. The quantitative estimate of drug-likeness (QED) is 0.149. The fraction of sp³-hybridized carbons (Fsp3) is 0.292. The Kier molecular flexibility index (Phi) is 8.19. The number of nitro benzene ring substituents is 2. The predicted octanol–water partition coefficient (Wildman–Crippen LogP) is 4.25. The molecule has 4 rings (SSSR count). The number of benzene rings is 2. The molecule has 0 amide bonds. The zero-order valence-corrected chi connectivity index (χ0v) is 23.1. The van der Waals surface area contributed by atoms with Crippen molar-refractivity contribution in [1.29, 1.82) is 0 Å². The maximum Gasteiger partial charge on any atom is 0.338 e. The largest absolute Gasteiger partial charge is 0.460 e. The highest BCUT2D eigenvalue weighted by Crippen LogP contribution is 2.55. The third kappa shape index (κ3) is 5.58. The van der Waals surface area contributed by atoms with Crippen LogP contribution < -0.4 is 5.30 Å². The highest BCUT2D eigenvalue weighted by Gasteiger charge is 2.40. The number of aromatic nitrogens is 2. The van der Waals surface area contributed by atoms with Crippen LogP contribution in [0, 0.1) is 27.2 Å². The second-order valence-corrected chi connectivity index (χ2v) is 12.1. The van der Waals surface area contributed by atoms with Gasteiger partial charge in [0, 0.05) is 42.9 Å². The molecule has 1 atom stereocenters. The molecule has 0 unspecified atom stereocenters. The molecule has 2 heterocycles. The molecule has 0 fully saturated rings. The van der Waals surface area contributed by atoms with E-state index in [1.165, 1.54) is 36.4 Å². The summed E-state index contributed by atoms with van der Waals surface area (Å²) in [5, 5.41) is 27.3. The van der Waals surface area contributed by atoms with Gasteiger partial charge < -0.3 is 9.26 Å². The van der Waals surface area contributed by atoms with Gasteiger partial charge >= 0.3 is 5.97 Å². The van der Waals surface area contributed by atoms with Crippen molar-refractivity contribution in [2.24, 2.45) is 4.99 Å². The van der Waals surface area contributed by atoms with Crippen molar-refractivity contribution in [3.63, 3.8) is 0 Å². The van der Waals surface area contributed by atoms with E-state index in [9.17, 15) is 25.0 Å². The lowest BCUT2D eigenvalue weighted by Crippen LogP contribution is -2.32. The summed E-state index contributed by atoms with van der Waals surface area (Å²) in [6.45, 7) is 7.15. The lowest BCUT2D eigenvalue weighted by atomic mass is 10.2. The van der Waals surface area contributed by atoms with Crippen molar-refractivity contribution in [1.82, 2.24) is 14.5 Å². The standard InChI is InChI=1S/C24H25N6O7PS/c1-4-27(5-2)38(39)21-16(3)26-28(14-15-36-24(31)18-8-12-20(13-9-18)30(34)35)22(21)25-23(37-38)17-6-10-19(11-7-17)29(32)33/h6-13H,4-5,14-15H2,1-3H3/t38-/m1/s1. The highest BCUT2D eigenvalue weighted by atomic mass is 32.4. The van der Waals surface area contributed by atoms with Crippen LogP contribution in [0.3, 0.4) is 0 Å². The minimum absolute atomic E-state index is 0.0409. The number of nitrogens with zero attached hydrogens (tertiary/aromatic N) is 6. The molecule has 0 N–H and O–H groups in total. The number of non-ortho nitro benzene ring substituents is 2. The molecule has 1 aromatic heterocycles. The molecule has 3 aromatic rings. The van der Waals surface area contributed by atoms with Gasteiger partial charge in [0.1, 0.15) is 11.9 Å². The Labute approximate surface area is 228 Å². The number of nitro groups is 2. The van der Waals surface area contributed by atoms with Gasteiger partial charge in [-0.25, -0.2) is 14.1 Å². The van der Waals surface area contributed by atoms with Gasteiger partial charge in [0.05, 0.1) is 27.6 Å². The smallest absolute Gasteiger partial charge is 0.338 e. The molecule has 13 nitrogen and oxygen atoms in total. The summed E-state index contributed by atoms with van der Waals surface area (Å²) < 4.78 is 15.4. The van der Waals surface area contributed by atoms with E-state index in [-0.39, 0.29) is 36.0 Å². The Bertz CT molecular complexity index is 1500. The molecule has 0 spiro atoms. The third-order valence-electron chi connectivity index (χ3n) is 6.05. The second kappa shape index (κ2) is 11.4. The first-order chi connectivity index (χ1) is 18.6. The highest BCUT2D eigenvalue weighted by molar-refractivity contribution is 8.15. The first kappa shape index (κ1) is 28.0. The van der Waals surface area contributed by atoms with Gasteiger partial charge in [-0.3, -0.25) is 20.2 Å². The Morgan fingerprint density at radius 1 is 1.05 bits per heavy atom. The van der Waals surface area contributed by atoms with Gasteiger partial charge in [-0.15, -0.1) is 0 Å². The van der Waals surface area contributed by atoms with E-state index in [0.29, 0.717) is 35.5 Å². The van der Waals surface area contributed by atoms with Crippen molar-refractivity contribution in [3.8, 4) is 0 Å². The fourth-order valence-electron chi connectivity index (χ4n) is 4.10. The summed E-state index contributed by atoms with van der Waals surface area (Å²) in [6.07, 6.45) is -2.84. The van der Waals surface area contributed by atoms with E-state index in [1.54, 1.807) is 16.8 Å². The summed E-state index contributed by atoms with van der Waals surface area (Å²) in [6, 6.07) is 11.0. The molecule has 1 aliphatic heterocycles. The molecule has 15 heteroatoms. The van der Waals surface area contributed by atoms with Crippen LogP contribution in [0.2, 0.25) is 0 Å². The first-order valence-electron chi connectivity index (χ1n) is 12.0. The van der Waals surface area contributed by atoms with Crippen LogP contribution >= 0.6 is 6.42 Å². The normalized spacial score (nSPS) is 16.3. The minimum Gasteiger partial charge on any atom is -0.460 e. The number of aliphatic imine (C=N–C) groups is 1. The van der Waals surface area contributed by atoms with E-state index in [4.69, 9.17) is 26.1 Å². The number of fused-ring (bicyclic) bond motifs is 1. The topological polar surface area (TPSA) is 155 Å². The van der Waals surface area contributed by atoms with E-state index in [2.05, 4.69) is 9.77 Å². The average Bonchev–Trinajstić information content (AvgIpc) is 3.25. The molecule has 2 aromatic carbocycles. The monoisotopic (exact) mass is 572 g/mol. The zero-order chi connectivity index (χ0) is 28.3. The third-order valence-corrected chi connectivity index (χ3v) is 10.3. The summed E-state index contributed by atoms with van der Waals surface area (Å²) in [4.78, 5) is 38.1. The number of aryl methyl sites for hydroxylation is 1. The maximum atomic E-state index is 12.5. The SMILES string of the molecule is CCN(CC)[P@@]1(=S)OC(c2ccc([N+](=O)[O-])cc2)=Nc2c1c(C)nn2CCOC(=O)c1ccc([N+](=O)[O-])cc1. The summed E-state index contributed by atoms with van der Waals surface area (Å²) in [5.74, 6) is 0.0830. The van der Waals surface area contributed by atoms with Gasteiger partial charge in [-0.1, -0.05) is 13.8 Å². The molecule has 39 heavy (non-hydrogen) atoms. The van der Waals surface area contributed by atoms with Gasteiger partial charge in [0.15, 0.2) is 5.82 Å². The molecule has 0 saturated carbocycles. The second-order valence-electron chi connectivity index (χ2n) is 8.39. The van der Waals surface area contributed by atoms with E-state index >= 15 is 0 Å². The van der Waals surface area contributed by atoms with Crippen molar-refractivity contribution < 1.29 is 23.9 Å². The number of ether oxygens (including phenoxy) is 1. The summed E-state index contributed by atoms with van der Waals surface area (Å²) in [7, 11) is 0. The number of rotatable bonds is 10. The Balaban J connectivity index is 1.64. The van der Waals surface area contributed by atoms with E-state index < -0.39 is 22.2 Å². The van der Waals surface area contributed by atoms with E-state index in [1.807, 2.05) is 20.8 Å². The predicted molar refractivity (Wildman–Crippen MR) is 148 cm³/mol. The van der Waals surface area contributed by atoms with Crippen LogP contribution in [0.15, 0.2) is 53.5 Å². The van der Waals surface area contributed by atoms with Gasteiger partial charge in [-0.2, -0.15) is 10.1 Å². The number of carbonyl (C=O) groups excluding carboxylic acids is 1. The molecule has 204 valence electrons. The van der Waals surface area contributed by atoms with Crippen LogP contribution in [0.25, 0.3) is 0 Å². The van der Waals surface area contributed by atoms with Crippen molar-refractivity contribution in [2.75, 3.05) is 19.7 Å². The molecular formula is C24H25N6O7PS. The Morgan fingerprint density at radius 2 is 1.62 bits per heavy atom.